The molecule has 1 aliphatic rings. The van der Waals surface area contributed by atoms with Crippen molar-refractivity contribution in [2.75, 3.05) is 14.2 Å². The number of esters is 1. The Balaban J connectivity index is 1.91. The van der Waals surface area contributed by atoms with Crippen LogP contribution in [-0.4, -0.2) is 54.2 Å². The van der Waals surface area contributed by atoms with Gasteiger partial charge in [-0.3, -0.25) is 9.69 Å². The second kappa shape index (κ2) is 9.65. The van der Waals surface area contributed by atoms with Crippen molar-refractivity contribution < 1.29 is 42.9 Å². The Morgan fingerprint density at radius 2 is 2.00 bits per heavy atom. The molecule has 174 valence electrons. The molecule has 11 nitrogen and oxygen atoms in total. The number of aliphatic carboxylic acids is 1. The number of halogens is 1. The Bertz CT molecular complexity index is 1150. The van der Waals surface area contributed by atoms with Crippen molar-refractivity contribution >= 4 is 41.6 Å². The monoisotopic (exact) mass is 478 g/mol. The maximum absolute atomic E-state index is 12.8. The predicted octanol–water partition coefficient (Wildman–Crippen LogP) is 2.67. The van der Waals surface area contributed by atoms with Gasteiger partial charge in [0.1, 0.15) is 11.5 Å². The standard InChI is InChI=1S/C21H19ClN2O9/c1-10(19(26)27)32-17-11(6-12(22)8-16(17)30-2)7-14-18(25)24(21(29)23-14)9-13-4-5-15(33-13)20(28)31-3/h4-8,10H,9H2,1-3H3,(H,23,29)(H,26,27)/b14-7+/t10-/m0/s1. The number of carbonyl (C=O) groups is 4. The average Bonchev–Trinajstić information content (AvgIpc) is 3.35. The number of benzene rings is 1. The number of furan rings is 1. The molecule has 12 heteroatoms. The molecule has 0 bridgehead atoms. The lowest BCUT2D eigenvalue weighted by Crippen LogP contribution is -2.30. The molecule has 2 aromatic rings. The van der Waals surface area contributed by atoms with Gasteiger partial charge in [0.25, 0.3) is 5.91 Å². The fourth-order valence-corrected chi connectivity index (χ4v) is 3.12. The van der Waals surface area contributed by atoms with Crippen LogP contribution in [0, 0.1) is 0 Å². The number of nitrogens with one attached hydrogen (secondary N) is 1. The molecule has 1 fully saturated rings. The number of carboxylic acid groups (broad SMARTS) is 1. The Morgan fingerprint density at radius 3 is 2.64 bits per heavy atom. The van der Waals surface area contributed by atoms with E-state index in [1.54, 1.807) is 0 Å². The van der Waals surface area contributed by atoms with Crippen molar-refractivity contribution in [3.63, 3.8) is 0 Å². The Kier molecular flexibility index (Phi) is 6.92. The van der Waals surface area contributed by atoms with Gasteiger partial charge in [-0.25, -0.2) is 14.4 Å². The minimum Gasteiger partial charge on any atom is -0.493 e. The van der Waals surface area contributed by atoms with E-state index < -0.39 is 30.0 Å². The van der Waals surface area contributed by atoms with Gasteiger partial charge in [-0.1, -0.05) is 11.6 Å². The number of carbonyl (C=O) groups excluding carboxylic acids is 3. The van der Waals surface area contributed by atoms with Crippen molar-refractivity contribution in [2.24, 2.45) is 0 Å². The van der Waals surface area contributed by atoms with E-state index in [0.29, 0.717) is 0 Å². The van der Waals surface area contributed by atoms with Gasteiger partial charge in [-0.05, 0) is 31.2 Å². The van der Waals surface area contributed by atoms with Gasteiger partial charge in [0, 0.05) is 16.7 Å². The zero-order valence-electron chi connectivity index (χ0n) is 17.7. The molecular formula is C21H19ClN2O9. The summed E-state index contributed by atoms with van der Waals surface area (Å²) in [5.41, 5.74) is 0.0980. The molecule has 1 atom stereocenters. The predicted molar refractivity (Wildman–Crippen MR) is 113 cm³/mol. The van der Waals surface area contributed by atoms with Crippen LogP contribution in [0.15, 0.2) is 34.4 Å². The number of ether oxygens (including phenoxy) is 3. The largest absolute Gasteiger partial charge is 0.493 e. The van der Waals surface area contributed by atoms with Crippen LogP contribution < -0.4 is 14.8 Å². The van der Waals surface area contributed by atoms with Crippen molar-refractivity contribution in [1.29, 1.82) is 0 Å². The highest BCUT2D eigenvalue weighted by atomic mass is 35.5. The average molecular weight is 479 g/mol. The molecule has 1 aromatic carbocycles. The van der Waals surface area contributed by atoms with E-state index >= 15 is 0 Å². The Hall–Kier alpha value is -3.99. The molecule has 3 amide bonds. The summed E-state index contributed by atoms with van der Waals surface area (Å²) in [5.74, 6) is -2.32. The van der Waals surface area contributed by atoms with Crippen molar-refractivity contribution in [3.8, 4) is 11.5 Å². The van der Waals surface area contributed by atoms with Crippen LogP contribution in [0.1, 0.15) is 28.8 Å². The number of rotatable bonds is 8. The van der Waals surface area contributed by atoms with Crippen LogP contribution in [0.5, 0.6) is 11.5 Å². The molecule has 1 aromatic heterocycles. The molecule has 0 spiro atoms. The van der Waals surface area contributed by atoms with Crippen LogP contribution in [0.3, 0.4) is 0 Å². The first kappa shape index (κ1) is 23.7. The van der Waals surface area contributed by atoms with E-state index in [1.807, 2.05) is 0 Å². The van der Waals surface area contributed by atoms with Gasteiger partial charge in [0.15, 0.2) is 17.6 Å². The Labute approximate surface area is 192 Å². The number of urea groups is 1. The van der Waals surface area contributed by atoms with Gasteiger partial charge >= 0.3 is 18.0 Å². The molecule has 2 heterocycles. The van der Waals surface area contributed by atoms with Crippen molar-refractivity contribution in [1.82, 2.24) is 10.2 Å². The van der Waals surface area contributed by atoms with Crippen LogP contribution in [0.2, 0.25) is 5.02 Å². The molecular weight excluding hydrogens is 460 g/mol. The third-order valence-corrected chi connectivity index (χ3v) is 4.75. The number of carboxylic acids is 1. The first-order valence-corrected chi connectivity index (χ1v) is 9.81. The lowest BCUT2D eigenvalue weighted by molar-refractivity contribution is -0.144. The van der Waals surface area contributed by atoms with Crippen LogP contribution in [0.4, 0.5) is 4.79 Å². The molecule has 3 rings (SSSR count). The maximum Gasteiger partial charge on any atom is 0.373 e. The van der Waals surface area contributed by atoms with Crippen LogP contribution in [0.25, 0.3) is 6.08 Å². The number of imide groups is 1. The third-order valence-electron chi connectivity index (χ3n) is 4.53. The fourth-order valence-electron chi connectivity index (χ4n) is 2.90. The van der Waals surface area contributed by atoms with Gasteiger partial charge in [-0.2, -0.15) is 0 Å². The summed E-state index contributed by atoms with van der Waals surface area (Å²) in [4.78, 5) is 48.9. The van der Waals surface area contributed by atoms with Crippen LogP contribution in [-0.2, 0) is 20.9 Å². The summed E-state index contributed by atoms with van der Waals surface area (Å²) < 4.78 is 20.6. The summed E-state index contributed by atoms with van der Waals surface area (Å²) in [6.07, 6.45) is 0.0612. The van der Waals surface area contributed by atoms with Crippen molar-refractivity contribution in [3.05, 3.63) is 52.1 Å². The Morgan fingerprint density at radius 1 is 1.27 bits per heavy atom. The summed E-state index contributed by atoms with van der Waals surface area (Å²) in [5, 5.41) is 11.8. The first-order valence-electron chi connectivity index (χ1n) is 9.43. The van der Waals surface area contributed by atoms with E-state index in [-0.39, 0.29) is 45.8 Å². The smallest absolute Gasteiger partial charge is 0.373 e. The number of hydrogen-bond acceptors (Lipinski definition) is 8. The number of methoxy groups -OCH3 is 2. The fraction of sp³-hybridized carbons (Fsp3) is 0.238. The van der Waals surface area contributed by atoms with Gasteiger partial charge < -0.3 is 29.1 Å². The lowest BCUT2D eigenvalue weighted by Gasteiger charge is -2.17. The molecule has 1 saturated heterocycles. The van der Waals surface area contributed by atoms with Crippen molar-refractivity contribution in [2.45, 2.75) is 19.6 Å². The van der Waals surface area contributed by atoms with Gasteiger partial charge in [0.2, 0.25) is 5.76 Å². The summed E-state index contributed by atoms with van der Waals surface area (Å²) in [7, 11) is 2.54. The van der Waals surface area contributed by atoms with E-state index in [0.717, 1.165) is 4.90 Å². The molecule has 0 saturated carbocycles. The molecule has 0 unspecified atom stereocenters. The molecule has 33 heavy (non-hydrogen) atoms. The zero-order valence-corrected chi connectivity index (χ0v) is 18.5. The molecule has 2 N–H and O–H groups in total. The highest BCUT2D eigenvalue weighted by Gasteiger charge is 2.35. The first-order chi connectivity index (χ1) is 15.6. The number of hydrogen-bond donors (Lipinski definition) is 2. The van der Waals surface area contributed by atoms with E-state index in [4.69, 9.17) is 25.5 Å². The SMILES string of the molecule is COC(=O)c1ccc(CN2C(=O)N/C(=C/c3cc(Cl)cc(OC)c3O[C@@H](C)C(=O)O)C2=O)o1. The summed E-state index contributed by atoms with van der Waals surface area (Å²) in [6.45, 7) is 1.08. The van der Waals surface area contributed by atoms with Crippen LogP contribution >= 0.6 is 11.6 Å². The quantitative estimate of drug-likeness (QED) is 0.332. The second-order valence-electron chi connectivity index (χ2n) is 6.76. The highest BCUT2D eigenvalue weighted by Crippen LogP contribution is 2.37. The second-order valence-corrected chi connectivity index (χ2v) is 7.20. The minimum atomic E-state index is -1.23. The maximum atomic E-state index is 12.8. The zero-order chi connectivity index (χ0) is 24.3. The molecule has 0 aliphatic carbocycles. The normalized spacial score (nSPS) is 15.4. The minimum absolute atomic E-state index is 0.0264. The van der Waals surface area contributed by atoms with Gasteiger partial charge in [-0.15, -0.1) is 0 Å². The van der Waals surface area contributed by atoms with Gasteiger partial charge in [0.05, 0.1) is 20.8 Å². The number of amides is 3. The molecule has 1 aliphatic heterocycles. The topological polar surface area (TPSA) is 145 Å². The lowest BCUT2D eigenvalue weighted by atomic mass is 10.1. The summed E-state index contributed by atoms with van der Waals surface area (Å²) >= 11 is 6.11. The van der Waals surface area contributed by atoms with E-state index in [9.17, 15) is 24.3 Å². The number of nitrogens with zero attached hydrogens (tertiary/aromatic N) is 1. The van der Waals surface area contributed by atoms with E-state index in [1.165, 1.54) is 51.5 Å². The highest BCUT2D eigenvalue weighted by molar-refractivity contribution is 6.31. The summed E-state index contributed by atoms with van der Waals surface area (Å²) in [6, 6.07) is 4.93. The van der Waals surface area contributed by atoms with E-state index in [2.05, 4.69) is 10.1 Å². The third kappa shape index (κ3) is 5.09. The molecule has 0 radical (unpaired) electrons.